The van der Waals surface area contributed by atoms with Gasteiger partial charge in [0.05, 0.1) is 12.0 Å². The first-order valence-electron chi connectivity index (χ1n) is 9.22. The van der Waals surface area contributed by atoms with E-state index in [9.17, 15) is 4.79 Å². The number of aromatic nitrogens is 1. The van der Waals surface area contributed by atoms with Crippen LogP contribution in [0, 0.1) is 0 Å². The monoisotopic (exact) mass is 383 g/mol. The number of carbonyl (C=O) groups is 1. The average Bonchev–Trinajstić information content (AvgIpc) is 3.35. The van der Waals surface area contributed by atoms with Gasteiger partial charge in [-0.25, -0.2) is 4.98 Å². The van der Waals surface area contributed by atoms with E-state index >= 15 is 0 Å². The fourth-order valence-corrected chi connectivity index (χ4v) is 3.92. The minimum Gasteiger partial charge on any atom is -0.462 e. The van der Waals surface area contributed by atoms with Gasteiger partial charge in [0.2, 0.25) is 0 Å². The number of nitrogens with one attached hydrogen (secondary N) is 1. The Morgan fingerprint density at radius 3 is 2.63 bits per heavy atom. The lowest BCUT2D eigenvalue weighted by molar-refractivity contribution is 0.0950. The molecule has 0 radical (unpaired) electrons. The molecule has 5 nitrogen and oxygen atoms in total. The van der Waals surface area contributed by atoms with Gasteiger partial charge in [-0.05, 0) is 32.5 Å². The Labute approximate surface area is 164 Å². The number of amides is 1. The molecule has 1 aromatic carbocycles. The second-order valence-electron chi connectivity index (χ2n) is 6.52. The maximum Gasteiger partial charge on any atom is 0.263 e. The van der Waals surface area contributed by atoms with E-state index in [4.69, 9.17) is 4.42 Å². The van der Waals surface area contributed by atoms with Gasteiger partial charge in [-0.15, -0.1) is 11.3 Å². The number of furan rings is 1. The van der Waals surface area contributed by atoms with Crippen molar-refractivity contribution in [3.8, 4) is 22.0 Å². The lowest BCUT2D eigenvalue weighted by Crippen LogP contribution is -2.38. The van der Waals surface area contributed by atoms with Gasteiger partial charge < -0.3 is 9.73 Å². The summed E-state index contributed by atoms with van der Waals surface area (Å²) in [6, 6.07) is 13.9. The van der Waals surface area contributed by atoms with Crippen molar-refractivity contribution in [2.75, 3.05) is 19.6 Å². The third kappa shape index (κ3) is 4.64. The van der Waals surface area contributed by atoms with Crippen LogP contribution in [0.2, 0.25) is 0 Å². The standard InChI is InChI=1S/C21H25N3O2S/c1-4-24(15(2)3)13-12-22-20(25)19-18(16-9-6-5-7-10-16)23-21(27-19)17-11-8-14-26-17/h5-11,14-15H,4,12-13H2,1-3H3,(H,22,25). The molecule has 1 N–H and O–H groups in total. The Bertz CT molecular complexity index is 857. The van der Waals surface area contributed by atoms with Crippen molar-refractivity contribution >= 4 is 17.2 Å². The zero-order valence-corrected chi connectivity index (χ0v) is 16.8. The molecule has 142 valence electrons. The van der Waals surface area contributed by atoms with Crippen molar-refractivity contribution < 1.29 is 9.21 Å². The molecule has 3 rings (SSSR count). The Hall–Kier alpha value is -2.44. The summed E-state index contributed by atoms with van der Waals surface area (Å²) in [5, 5.41) is 3.76. The second-order valence-corrected chi connectivity index (χ2v) is 7.52. The van der Waals surface area contributed by atoms with Gasteiger partial charge in [0.15, 0.2) is 10.8 Å². The Balaban J connectivity index is 1.81. The van der Waals surface area contributed by atoms with Crippen LogP contribution in [0.1, 0.15) is 30.4 Å². The number of rotatable bonds is 8. The van der Waals surface area contributed by atoms with E-state index in [0.717, 1.165) is 18.7 Å². The molecule has 0 bridgehead atoms. The Morgan fingerprint density at radius 1 is 1.22 bits per heavy atom. The highest BCUT2D eigenvalue weighted by Gasteiger charge is 2.21. The first-order chi connectivity index (χ1) is 13.1. The van der Waals surface area contributed by atoms with Crippen LogP contribution in [-0.2, 0) is 0 Å². The van der Waals surface area contributed by atoms with Crippen molar-refractivity contribution in [3.05, 3.63) is 53.6 Å². The topological polar surface area (TPSA) is 58.4 Å². The summed E-state index contributed by atoms with van der Waals surface area (Å²) in [4.78, 5) is 20.5. The molecule has 0 aliphatic heterocycles. The summed E-state index contributed by atoms with van der Waals surface area (Å²) < 4.78 is 5.47. The second kappa shape index (κ2) is 8.97. The minimum atomic E-state index is -0.0935. The van der Waals surface area contributed by atoms with Gasteiger partial charge in [-0.1, -0.05) is 37.3 Å². The van der Waals surface area contributed by atoms with E-state index in [-0.39, 0.29) is 5.91 Å². The SMILES string of the molecule is CCN(CCNC(=O)c1sc(-c2ccco2)nc1-c1ccccc1)C(C)C. The third-order valence-corrected chi connectivity index (χ3v) is 5.50. The molecule has 6 heteroatoms. The van der Waals surface area contributed by atoms with Gasteiger partial charge in [0.25, 0.3) is 5.91 Å². The van der Waals surface area contributed by atoms with Crippen molar-refractivity contribution in [1.82, 2.24) is 15.2 Å². The van der Waals surface area contributed by atoms with E-state index in [1.165, 1.54) is 11.3 Å². The number of nitrogens with zero attached hydrogens (tertiary/aromatic N) is 2. The van der Waals surface area contributed by atoms with E-state index in [1.54, 1.807) is 6.26 Å². The summed E-state index contributed by atoms with van der Waals surface area (Å²) in [5.41, 5.74) is 1.62. The molecule has 2 heterocycles. The molecule has 27 heavy (non-hydrogen) atoms. The molecule has 0 saturated heterocycles. The van der Waals surface area contributed by atoms with Crippen LogP contribution in [0.15, 0.2) is 53.1 Å². The Kier molecular flexibility index (Phi) is 6.42. The van der Waals surface area contributed by atoms with Crippen LogP contribution >= 0.6 is 11.3 Å². The van der Waals surface area contributed by atoms with Gasteiger partial charge in [-0.3, -0.25) is 9.69 Å². The molecule has 0 aliphatic carbocycles. The molecule has 3 aromatic rings. The predicted molar refractivity (Wildman–Crippen MR) is 110 cm³/mol. The third-order valence-electron chi connectivity index (χ3n) is 4.43. The maximum atomic E-state index is 12.9. The van der Waals surface area contributed by atoms with Crippen molar-refractivity contribution in [2.45, 2.75) is 26.8 Å². The number of hydrogen-bond donors (Lipinski definition) is 1. The fraction of sp³-hybridized carbons (Fsp3) is 0.333. The molecule has 0 spiro atoms. The van der Waals surface area contributed by atoms with Gasteiger partial charge in [-0.2, -0.15) is 0 Å². The van der Waals surface area contributed by atoms with Crippen LogP contribution in [0.3, 0.4) is 0 Å². The summed E-state index contributed by atoms with van der Waals surface area (Å²) in [6.45, 7) is 8.85. The summed E-state index contributed by atoms with van der Waals surface area (Å²) in [6.07, 6.45) is 1.61. The molecular weight excluding hydrogens is 358 g/mol. The lowest BCUT2D eigenvalue weighted by Gasteiger charge is -2.24. The summed E-state index contributed by atoms with van der Waals surface area (Å²) >= 11 is 1.36. The molecular formula is C21H25N3O2S. The highest BCUT2D eigenvalue weighted by atomic mass is 32.1. The number of carbonyl (C=O) groups excluding carboxylic acids is 1. The molecule has 0 aliphatic rings. The van der Waals surface area contributed by atoms with E-state index in [1.807, 2.05) is 42.5 Å². The molecule has 0 saturated carbocycles. The van der Waals surface area contributed by atoms with E-state index in [0.29, 0.717) is 33.9 Å². The van der Waals surface area contributed by atoms with Gasteiger partial charge >= 0.3 is 0 Å². The number of benzene rings is 1. The molecule has 2 aromatic heterocycles. The smallest absolute Gasteiger partial charge is 0.263 e. The van der Waals surface area contributed by atoms with Crippen LogP contribution in [0.4, 0.5) is 0 Å². The predicted octanol–water partition coefficient (Wildman–Crippen LogP) is 4.53. The van der Waals surface area contributed by atoms with Crippen LogP contribution in [0.25, 0.3) is 22.0 Å². The molecule has 0 fully saturated rings. The zero-order chi connectivity index (χ0) is 19.2. The zero-order valence-electron chi connectivity index (χ0n) is 15.9. The van der Waals surface area contributed by atoms with Crippen molar-refractivity contribution in [1.29, 1.82) is 0 Å². The fourth-order valence-electron chi connectivity index (χ4n) is 2.95. The summed E-state index contributed by atoms with van der Waals surface area (Å²) in [7, 11) is 0. The van der Waals surface area contributed by atoms with Crippen LogP contribution < -0.4 is 5.32 Å². The number of thiazole rings is 1. The first kappa shape index (κ1) is 19.3. The quantitative estimate of drug-likeness (QED) is 0.621. The van der Waals surface area contributed by atoms with E-state index in [2.05, 4.69) is 36.0 Å². The van der Waals surface area contributed by atoms with Gasteiger partial charge in [0.1, 0.15) is 4.88 Å². The van der Waals surface area contributed by atoms with E-state index < -0.39 is 0 Å². The number of likely N-dealkylation sites (N-methyl/N-ethyl adjacent to an activating group) is 1. The molecule has 1 amide bonds. The minimum absolute atomic E-state index is 0.0935. The lowest BCUT2D eigenvalue weighted by atomic mass is 10.1. The maximum absolute atomic E-state index is 12.9. The van der Waals surface area contributed by atoms with Crippen molar-refractivity contribution in [3.63, 3.8) is 0 Å². The van der Waals surface area contributed by atoms with Gasteiger partial charge in [0, 0.05) is 24.7 Å². The highest BCUT2D eigenvalue weighted by Crippen LogP contribution is 2.34. The van der Waals surface area contributed by atoms with Crippen molar-refractivity contribution in [2.24, 2.45) is 0 Å². The normalized spacial score (nSPS) is 11.3. The number of hydrogen-bond acceptors (Lipinski definition) is 5. The molecule has 0 atom stereocenters. The van der Waals surface area contributed by atoms with Crippen LogP contribution in [-0.4, -0.2) is 41.5 Å². The first-order valence-corrected chi connectivity index (χ1v) is 10.0. The largest absolute Gasteiger partial charge is 0.462 e. The Morgan fingerprint density at radius 2 is 2.00 bits per heavy atom. The average molecular weight is 384 g/mol. The molecule has 0 unspecified atom stereocenters. The summed E-state index contributed by atoms with van der Waals surface area (Å²) in [5.74, 6) is 0.581. The highest BCUT2D eigenvalue weighted by molar-refractivity contribution is 7.17. The van der Waals surface area contributed by atoms with Crippen LogP contribution in [0.5, 0.6) is 0 Å².